The average molecular weight is 1010 g/mol. The molecule has 73 heavy (non-hydrogen) atoms. The van der Waals surface area contributed by atoms with E-state index in [0.717, 1.165) is 74.4 Å². The smallest absolute Gasteiger partial charge is 0.305 e. The number of amides is 4. The lowest BCUT2D eigenvalue weighted by atomic mass is 10.2. The van der Waals surface area contributed by atoms with E-state index < -0.39 is 0 Å². The second-order valence-corrected chi connectivity index (χ2v) is 16.3. The molecular weight excluding hydrogens is 929 g/mol. The van der Waals surface area contributed by atoms with Crippen LogP contribution in [0.15, 0.2) is 121 Å². The summed E-state index contributed by atoms with van der Waals surface area (Å²) in [6.45, 7) is 17.3. The molecule has 2 aliphatic rings. The van der Waals surface area contributed by atoms with Crippen molar-refractivity contribution in [2.45, 2.75) is 127 Å². The second-order valence-electron chi connectivity index (χ2n) is 16.3. The van der Waals surface area contributed by atoms with Gasteiger partial charge in [-0.15, -0.1) is 0 Å². The SMILES string of the molecule is C.CCOC(=O)CCCCCN1C(=O)C=CC1=O.CCOC(=O)CCCCCN1C(=O)C=CC1=O.CCOC(C)=O.CCc1ccc(Oc2ccc(C)cc2)cc1.CCc1ccc(Oc2ccc(C)cc2)cc1. The molecule has 0 fully saturated rings. The molecule has 0 radical (unpaired) electrons. The summed E-state index contributed by atoms with van der Waals surface area (Å²) in [5, 5.41) is 0. The highest BCUT2D eigenvalue weighted by atomic mass is 16.5. The highest BCUT2D eigenvalue weighted by molar-refractivity contribution is 6.13. The van der Waals surface area contributed by atoms with E-state index in [-0.39, 0.29) is 49.0 Å². The van der Waals surface area contributed by atoms with Crippen molar-refractivity contribution in [3.63, 3.8) is 0 Å². The van der Waals surface area contributed by atoms with E-state index in [0.29, 0.717) is 45.8 Å². The summed E-state index contributed by atoms with van der Waals surface area (Å²) in [5.74, 6) is 1.95. The molecular formula is C59H78N2O12. The zero-order valence-electron chi connectivity index (χ0n) is 43.4. The van der Waals surface area contributed by atoms with Crippen LogP contribution in [-0.4, -0.2) is 84.2 Å². The van der Waals surface area contributed by atoms with E-state index >= 15 is 0 Å². The van der Waals surface area contributed by atoms with E-state index in [2.05, 4.69) is 81.0 Å². The normalized spacial score (nSPS) is 11.8. The summed E-state index contributed by atoms with van der Waals surface area (Å²) in [4.78, 5) is 79.0. The fourth-order valence-corrected chi connectivity index (χ4v) is 6.48. The van der Waals surface area contributed by atoms with Crippen LogP contribution in [0, 0.1) is 13.8 Å². The van der Waals surface area contributed by atoms with Gasteiger partial charge in [0, 0.05) is 57.2 Å². The zero-order valence-corrected chi connectivity index (χ0v) is 43.4. The molecule has 14 heteroatoms. The number of nitrogens with zero attached hydrogens (tertiary/aromatic N) is 2. The van der Waals surface area contributed by atoms with E-state index in [1.807, 2.05) is 48.5 Å². The Morgan fingerprint density at radius 3 is 0.945 bits per heavy atom. The Hall–Kier alpha value is -7.35. The lowest BCUT2D eigenvalue weighted by Gasteiger charge is -2.12. The molecule has 4 amide bonds. The van der Waals surface area contributed by atoms with Crippen molar-refractivity contribution in [1.29, 1.82) is 0 Å². The van der Waals surface area contributed by atoms with Crippen LogP contribution >= 0.6 is 0 Å². The van der Waals surface area contributed by atoms with E-state index in [9.17, 15) is 33.6 Å². The van der Waals surface area contributed by atoms with Crippen molar-refractivity contribution < 1.29 is 57.2 Å². The largest absolute Gasteiger partial charge is 0.466 e. The Morgan fingerprint density at radius 2 is 0.699 bits per heavy atom. The molecule has 0 saturated carbocycles. The van der Waals surface area contributed by atoms with Crippen LogP contribution in [0.2, 0.25) is 0 Å². The number of aryl methyl sites for hydroxylation is 4. The number of hydrogen-bond acceptors (Lipinski definition) is 12. The molecule has 4 aromatic carbocycles. The zero-order chi connectivity index (χ0) is 53.1. The first-order chi connectivity index (χ1) is 34.6. The monoisotopic (exact) mass is 1010 g/mol. The van der Waals surface area contributed by atoms with Gasteiger partial charge in [0.25, 0.3) is 23.6 Å². The van der Waals surface area contributed by atoms with Gasteiger partial charge in [-0.05, 0) is 133 Å². The van der Waals surface area contributed by atoms with Gasteiger partial charge >= 0.3 is 17.9 Å². The second kappa shape index (κ2) is 37.4. The molecule has 0 saturated heterocycles. The van der Waals surface area contributed by atoms with Crippen LogP contribution in [0.4, 0.5) is 0 Å². The van der Waals surface area contributed by atoms with Gasteiger partial charge in [-0.3, -0.25) is 43.4 Å². The van der Waals surface area contributed by atoms with Crippen molar-refractivity contribution >= 4 is 41.5 Å². The Labute approximate surface area is 433 Å². The summed E-state index contributed by atoms with van der Waals surface area (Å²) in [6, 6.07) is 32.6. The minimum Gasteiger partial charge on any atom is -0.466 e. The molecule has 0 spiro atoms. The van der Waals surface area contributed by atoms with Gasteiger partial charge in [0.05, 0.1) is 19.8 Å². The molecule has 0 atom stereocenters. The summed E-state index contributed by atoms with van der Waals surface area (Å²) in [6.07, 6.45) is 12.5. The lowest BCUT2D eigenvalue weighted by Crippen LogP contribution is -2.30. The molecule has 0 bridgehead atoms. The number of esters is 3. The third-order valence-electron chi connectivity index (χ3n) is 10.5. The molecule has 0 unspecified atom stereocenters. The molecule has 396 valence electrons. The van der Waals surface area contributed by atoms with Crippen LogP contribution in [0.25, 0.3) is 0 Å². The summed E-state index contributed by atoms with van der Waals surface area (Å²) < 4.78 is 25.4. The molecule has 6 rings (SSSR count). The highest BCUT2D eigenvalue weighted by Crippen LogP contribution is 2.23. The third-order valence-corrected chi connectivity index (χ3v) is 10.5. The number of benzene rings is 4. The van der Waals surface area contributed by atoms with E-state index in [4.69, 9.17) is 18.9 Å². The predicted molar refractivity (Wildman–Crippen MR) is 285 cm³/mol. The first-order valence-electron chi connectivity index (χ1n) is 24.8. The van der Waals surface area contributed by atoms with Gasteiger partial charge in [0.1, 0.15) is 23.0 Å². The minimum atomic E-state index is -0.250. The fourth-order valence-electron chi connectivity index (χ4n) is 6.48. The van der Waals surface area contributed by atoms with Crippen LogP contribution in [-0.2, 0) is 60.6 Å². The number of hydrogen-bond donors (Lipinski definition) is 0. The number of carbonyl (C=O) groups excluding carboxylic acids is 7. The topological polar surface area (TPSA) is 172 Å². The Bertz CT molecular complexity index is 2130. The summed E-state index contributed by atoms with van der Waals surface area (Å²) in [5.41, 5.74) is 5.15. The number of imide groups is 2. The first-order valence-corrected chi connectivity index (χ1v) is 24.8. The van der Waals surface area contributed by atoms with Crippen molar-refractivity contribution in [2.24, 2.45) is 0 Å². The average Bonchev–Trinajstić information content (AvgIpc) is 3.87. The number of ether oxygens (including phenoxy) is 5. The number of unbranched alkanes of at least 4 members (excludes halogenated alkanes) is 4. The third kappa shape index (κ3) is 27.7. The lowest BCUT2D eigenvalue weighted by molar-refractivity contribution is -0.144. The van der Waals surface area contributed by atoms with Crippen LogP contribution < -0.4 is 9.47 Å². The number of carbonyl (C=O) groups is 7. The van der Waals surface area contributed by atoms with Crippen molar-refractivity contribution in [1.82, 2.24) is 9.80 Å². The van der Waals surface area contributed by atoms with Crippen molar-refractivity contribution in [3.8, 4) is 23.0 Å². The molecule has 2 aliphatic heterocycles. The number of rotatable bonds is 21. The van der Waals surface area contributed by atoms with Crippen LogP contribution in [0.5, 0.6) is 23.0 Å². The Kier molecular flexibility index (Phi) is 32.6. The van der Waals surface area contributed by atoms with Gasteiger partial charge in [0.15, 0.2) is 0 Å². The summed E-state index contributed by atoms with van der Waals surface area (Å²) in [7, 11) is 0. The quantitative estimate of drug-likeness (QED) is 0.0335. The van der Waals surface area contributed by atoms with Gasteiger partial charge in [0.2, 0.25) is 0 Å². The standard InChI is InChI=1S/2C15H16O.2C12H17NO4.C4H8O2.CH4/c2*1-3-13-6-10-15(11-7-13)16-14-8-4-12(2)5-9-14;2*1-2-17-12(16)6-4-3-5-9-13-10(14)7-8-11(13)15;1-3-6-4(2)5;/h2*4-11H,3H2,1-2H3;2*7-8H,2-6,9H2,1H3;3H2,1-2H3;1H4. The Morgan fingerprint density at radius 1 is 0.411 bits per heavy atom. The van der Waals surface area contributed by atoms with E-state index in [1.54, 1.807) is 20.8 Å². The molecule has 0 aromatic heterocycles. The maximum atomic E-state index is 11.2. The molecule has 0 N–H and O–H groups in total. The Balaban J connectivity index is 0.000000467. The van der Waals surface area contributed by atoms with Gasteiger partial charge < -0.3 is 23.7 Å². The maximum absolute atomic E-state index is 11.2. The summed E-state index contributed by atoms with van der Waals surface area (Å²) >= 11 is 0. The molecule has 0 aliphatic carbocycles. The molecule has 4 aromatic rings. The van der Waals surface area contributed by atoms with Crippen LogP contribution in [0.3, 0.4) is 0 Å². The first kappa shape index (κ1) is 63.7. The van der Waals surface area contributed by atoms with E-state index in [1.165, 1.54) is 63.3 Å². The van der Waals surface area contributed by atoms with Crippen molar-refractivity contribution in [2.75, 3.05) is 32.9 Å². The van der Waals surface area contributed by atoms with Crippen molar-refractivity contribution in [3.05, 3.63) is 144 Å². The van der Waals surface area contributed by atoms with Gasteiger partial charge in [-0.2, -0.15) is 0 Å². The predicted octanol–water partition coefficient (Wildman–Crippen LogP) is 12.0. The highest BCUT2D eigenvalue weighted by Gasteiger charge is 2.23. The van der Waals surface area contributed by atoms with Gasteiger partial charge in [-0.25, -0.2) is 0 Å². The van der Waals surface area contributed by atoms with Crippen LogP contribution in [0.1, 0.15) is 123 Å². The molecule has 14 nitrogen and oxygen atoms in total. The minimum absolute atomic E-state index is 0. The fraction of sp³-hybridized carbons (Fsp3) is 0.407. The maximum Gasteiger partial charge on any atom is 0.305 e. The van der Waals surface area contributed by atoms with Gasteiger partial charge in [-0.1, -0.05) is 93.8 Å². The molecule has 2 heterocycles.